The molecule has 1 fully saturated rings. The maximum atomic E-state index is 13.1. The monoisotopic (exact) mass is 507 g/mol. The molecule has 0 bridgehead atoms. The molecule has 1 aromatic carbocycles. The average Bonchev–Trinajstić information content (AvgIpc) is 3.20. The van der Waals surface area contributed by atoms with E-state index in [2.05, 4.69) is 10.6 Å². The Morgan fingerprint density at radius 2 is 1.85 bits per heavy atom. The predicted molar refractivity (Wildman–Crippen MR) is 120 cm³/mol. The van der Waals surface area contributed by atoms with Gasteiger partial charge in [-0.25, -0.2) is 13.9 Å². The first-order valence-corrected chi connectivity index (χ1v) is 11.4. The van der Waals surface area contributed by atoms with Crippen molar-refractivity contribution < 1.29 is 32.7 Å². The molecule has 1 aliphatic rings. The summed E-state index contributed by atoms with van der Waals surface area (Å²) >= 11 is 0. The summed E-state index contributed by atoms with van der Waals surface area (Å²) in [5.74, 6) is -1.62. The standard InChI is InChI=1S/C19H29N5O7S.ClH/c1-11(2)17(20)19(27)21-9-16(25)22-12-8-15(18(26)23-28)24(10-12)32(29,30)14-6-4-13(31-3)5-7-14;/h4-7,11-12,15,17,28H,8-10,20H2,1-3H3,(H,21,27)(H,22,25)(H,23,26);1H/t12-,15-,17-;/m0./s1. The number of sulfonamides is 1. The first-order chi connectivity index (χ1) is 15.0. The second kappa shape index (κ2) is 12.1. The highest BCUT2D eigenvalue weighted by molar-refractivity contribution is 7.89. The van der Waals surface area contributed by atoms with Crippen molar-refractivity contribution in [1.82, 2.24) is 20.4 Å². The molecule has 0 spiro atoms. The van der Waals surface area contributed by atoms with Crippen LogP contribution in [-0.4, -0.2) is 74.0 Å². The quantitative estimate of drug-likeness (QED) is 0.208. The molecule has 3 atom stereocenters. The number of hydrogen-bond acceptors (Lipinski definition) is 8. The minimum atomic E-state index is -4.11. The minimum Gasteiger partial charge on any atom is -0.497 e. The third kappa shape index (κ3) is 7.01. The molecule has 186 valence electrons. The Balaban J connectivity index is 0.00000544. The molecule has 3 amide bonds. The van der Waals surface area contributed by atoms with Gasteiger partial charge in [-0.2, -0.15) is 4.31 Å². The van der Waals surface area contributed by atoms with Gasteiger partial charge < -0.3 is 21.1 Å². The zero-order chi connectivity index (χ0) is 24.1. The SMILES string of the molecule is COc1ccc(S(=O)(=O)N2C[C@@H](NC(=O)CNC(=O)[C@@H](N)C(C)C)C[C@H]2C(=O)NO)cc1.Cl. The highest BCUT2D eigenvalue weighted by Crippen LogP contribution is 2.27. The minimum absolute atomic E-state index is 0. The Bertz CT molecular complexity index is 942. The second-order valence-corrected chi connectivity index (χ2v) is 9.62. The number of halogens is 1. The second-order valence-electron chi connectivity index (χ2n) is 7.73. The fourth-order valence-electron chi connectivity index (χ4n) is 3.24. The van der Waals surface area contributed by atoms with E-state index >= 15 is 0 Å². The molecule has 0 saturated carbocycles. The number of hydrogen-bond donors (Lipinski definition) is 5. The Hall–Kier alpha value is -2.45. The summed E-state index contributed by atoms with van der Waals surface area (Å²) in [5, 5.41) is 14.1. The summed E-state index contributed by atoms with van der Waals surface area (Å²) in [6.07, 6.45) is -0.0625. The van der Waals surface area contributed by atoms with Crippen LogP contribution < -0.4 is 26.6 Å². The summed E-state index contributed by atoms with van der Waals surface area (Å²) in [4.78, 5) is 36.2. The highest BCUT2D eigenvalue weighted by Gasteiger charge is 2.44. The van der Waals surface area contributed by atoms with Gasteiger partial charge in [0, 0.05) is 12.6 Å². The van der Waals surface area contributed by atoms with E-state index in [9.17, 15) is 22.8 Å². The lowest BCUT2D eigenvalue weighted by molar-refractivity contribution is -0.132. The van der Waals surface area contributed by atoms with Gasteiger partial charge in [0.05, 0.1) is 24.6 Å². The van der Waals surface area contributed by atoms with Crippen molar-refractivity contribution in [2.45, 2.75) is 43.3 Å². The number of amides is 3. The maximum Gasteiger partial charge on any atom is 0.261 e. The van der Waals surface area contributed by atoms with E-state index in [1.807, 2.05) is 0 Å². The van der Waals surface area contributed by atoms with Crippen LogP contribution in [0.15, 0.2) is 29.2 Å². The van der Waals surface area contributed by atoms with Crippen LogP contribution in [0, 0.1) is 5.92 Å². The average molecular weight is 508 g/mol. The fourth-order valence-corrected chi connectivity index (χ4v) is 4.88. The van der Waals surface area contributed by atoms with Crippen LogP contribution in [0.5, 0.6) is 5.75 Å². The number of ether oxygens (including phenoxy) is 1. The number of nitrogens with zero attached hydrogens (tertiary/aromatic N) is 1. The Labute approximate surface area is 198 Å². The molecule has 0 aliphatic carbocycles. The van der Waals surface area contributed by atoms with Crippen LogP contribution in [0.25, 0.3) is 0 Å². The molecule has 0 aromatic heterocycles. The van der Waals surface area contributed by atoms with Crippen molar-refractivity contribution in [2.24, 2.45) is 11.7 Å². The van der Waals surface area contributed by atoms with Gasteiger partial charge in [-0.1, -0.05) is 13.8 Å². The van der Waals surface area contributed by atoms with Crippen molar-refractivity contribution in [2.75, 3.05) is 20.2 Å². The molecule has 0 radical (unpaired) electrons. The van der Waals surface area contributed by atoms with E-state index in [-0.39, 0.29) is 42.7 Å². The number of rotatable bonds is 9. The van der Waals surface area contributed by atoms with Gasteiger partial charge in [0.2, 0.25) is 21.8 Å². The van der Waals surface area contributed by atoms with Crippen LogP contribution in [0.1, 0.15) is 20.3 Å². The van der Waals surface area contributed by atoms with Gasteiger partial charge in [0.15, 0.2) is 0 Å². The maximum absolute atomic E-state index is 13.1. The zero-order valence-corrected chi connectivity index (χ0v) is 20.1. The third-order valence-electron chi connectivity index (χ3n) is 5.14. The molecule has 6 N–H and O–H groups in total. The number of methoxy groups -OCH3 is 1. The lowest BCUT2D eigenvalue weighted by atomic mass is 10.1. The molecule has 1 aliphatic heterocycles. The molecule has 1 aromatic rings. The smallest absolute Gasteiger partial charge is 0.261 e. The van der Waals surface area contributed by atoms with Crippen LogP contribution in [-0.2, 0) is 24.4 Å². The first kappa shape index (κ1) is 28.6. The van der Waals surface area contributed by atoms with Crippen molar-refractivity contribution >= 4 is 40.2 Å². The Morgan fingerprint density at radius 3 is 2.36 bits per heavy atom. The molecular weight excluding hydrogens is 478 g/mol. The van der Waals surface area contributed by atoms with Crippen LogP contribution in [0.2, 0.25) is 0 Å². The van der Waals surface area contributed by atoms with Gasteiger partial charge in [-0.05, 0) is 36.6 Å². The number of nitrogens with one attached hydrogen (secondary N) is 3. The van der Waals surface area contributed by atoms with Gasteiger partial charge >= 0.3 is 0 Å². The largest absolute Gasteiger partial charge is 0.497 e. The van der Waals surface area contributed by atoms with E-state index in [4.69, 9.17) is 15.7 Å². The van der Waals surface area contributed by atoms with Crippen molar-refractivity contribution in [3.05, 3.63) is 24.3 Å². The molecular formula is C19H30ClN5O7S. The molecule has 0 unspecified atom stereocenters. The van der Waals surface area contributed by atoms with Crippen molar-refractivity contribution in [3.8, 4) is 5.75 Å². The van der Waals surface area contributed by atoms with Crippen molar-refractivity contribution in [3.63, 3.8) is 0 Å². The molecule has 33 heavy (non-hydrogen) atoms. The van der Waals surface area contributed by atoms with Crippen LogP contribution >= 0.6 is 12.4 Å². The predicted octanol–water partition coefficient (Wildman–Crippen LogP) is -1.03. The Kier molecular flexibility index (Phi) is 10.5. The molecule has 1 saturated heterocycles. The number of nitrogens with two attached hydrogens (primary N) is 1. The van der Waals surface area contributed by atoms with E-state index < -0.39 is 45.9 Å². The third-order valence-corrected chi connectivity index (χ3v) is 7.03. The number of carbonyl (C=O) groups is 3. The van der Waals surface area contributed by atoms with Gasteiger partial charge in [-0.15, -0.1) is 12.4 Å². The summed E-state index contributed by atoms with van der Waals surface area (Å²) in [6, 6.07) is 2.89. The summed E-state index contributed by atoms with van der Waals surface area (Å²) < 4.78 is 32.1. The Morgan fingerprint density at radius 1 is 1.24 bits per heavy atom. The molecule has 2 rings (SSSR count). The zero-order valence-electron chi connectivity index (χ0n) is 18.5. The van der Waals surface area contributed by atoms with Gasteiger partial charge in [0.1, 0.15) is 11.8 Å². The number of benzene rings is 1. The molecule has 14 heteroatoms. The summed E-state index contributed by atoms with van der Waals surface area (Å²) in [6.45, 7) is 3.00. The van der Waals surface area contributed by atoms with Gasteiger partial charge in [-0.3, -0.25) is 19.6 Å². The van der Waals surface area contributed by atoms with E-state index in [0.29, 0.717) is 5.75 Å². The lowest BCUT2D eigenvalue weighted by Gasteiger charge is -2.22. The topological polar surface area (TPSA) is 180 Å². The first-order valence-electron chi connectivity index (χ1n) is 9.93. The lowest BCUT2D eigenvalue weighted by Crippen LogP contribution is -2.48. The van der Waals surface area contributed by atoms with Crippen LogP contribution in [0.3, 0.4) is 0 Å². The van der Waals surface area contributed by atoms with Crippen molar-refractivity contribution in [1.29, 1.82) is 0 Å². The van der Waals surface area contributed by atoms with E-state index in [0.717, 1.165) is 4.31 Å². The fraction of sp³-hybridized carbons (Fsp3) is 0.526. The normalized spacial score (nSPS) is 19.3. The molecule has 1 heterocycles. The number of carbonyl (C=O) groups excluding carboxylic acids is 3. The van der Waals surface area contributed by atoms with E-state index in [1.165, 1.54) is 36.9 Å². The highest BCUT2D eigenvalue weighted by atomic mass is 35.5. The van der Waals surface area contributed by atoms with Crippen LogP contribution in [0.4, 0.5) is 0 Å². The van der Waals surface area contributed by atoms with E-state index in [1.54, 1.807) is 13.8 Å². The summed E-state index contributed by atoms with van der Waals surface area (Å²) in [5.41, 5.74) is 7.19. The molecule has 12 nitrogen and oxygen atoms in total. The van der Waals surface area contributed by atoms with Gasteiger partial charge in [0.25, 0.3) is 5.91 Å². The number of hydroxylamine groups is 1. The summed E-state index contributed by atoms with van der Waals surface area (Å²) in [7, 11) is -2.67.